The summed E-state index contributed by atoms with van der Waals surface area (Å²) in [5, 5.41) is 0. The van der Waals surface area contributed by atoms with Crippen LogP contribution in [-0.2, 0) is 14.3 Å². The fraction of sp³-hybridized carbons (Fsp3) is 0.882. The second kappa shape index (κ2) is 8.43. The number of rotatable bonds is 8. The van der Waals surface area contributed by atoms with E-state index in [4.69, 9.17) is 4.74 Å². The molecule has 0 radical (unpaired) electrons. The fourth-order valence-electron chi connectivity index (χ4n) is 3.41. The normalized spacial score (nSPS) is 25.5. The van der Waals surface area contributed by atoms with Crippen molar-refractivity contribution < 1.29 is 14.3 Å². The lowest BCUT2D eigenvalue weighted by Gasteiger charge is -2.28. The minimum Gasteiger partial charge on any atom is -0.465 e. The van der Waals surface area contributed by atoms with Crippen LogP contribution in [0.5, 0.6) is 0 Å². The van der Waals surface area contributed by atoms with Crippen LogP contribution in [0.15, 0.2) is 0 Å². The molecule has 0 bridgehead atoms. The number of Topliss-reactive ketones (excluding diaryl/α,β-unsaturated/α-hetero) is 1. The van der Waals surface area contributed by atoms with Crippen molar-refractivity contribution in [2.24, 2.45) is 23.7 Å². The molecule has 0 amide bonds. The molecule has 3 heteroatoms. The molecule has 0 saturated heterocycles. The highest BCUT2D eigenvalue weighted by atomic mass is 16.5. The molecule has 1 rings (SSSR count). The van der Waals surface area contributed by atoms with Crippen molar-refractivity contribution in [3.8, 4) is 0 Å². The Bertz CT molecular complexity index is 324. The quantitative estimate of drug-likeness (QED) is 0.632. The molecule has 4 atom stereocenters. The van der Waals surface area contributed by atoms with E-state index in [1.807, 2.05) is 13.8 Å². The van der Waals surface area contributed by atoms with Gasteiger partial charge in [-0.1, -0.05) is 47.0 Å². The van der Waals surface area contributed by atoms with Gasteiger partial charge < -0.3 is 4.74 Å². The van der Waals surface area contributed by atoms with Crippen molar-refractivity contribution in [3.63, 3.8) is 0 Å². The van der Waals surface area contributed by atoms with Gasteiger partial charge in [-0.3, -0.25) is 9.59 Å². The maximum Gasteiger partial charge on any atom is 0.308 e. The molecule has 1 aliphatic carbocycles. The van der Waals surface area contributed by atoms with Crippen molar-refractivity contribution in [2.45, 2.75) is 66.2 Å². The average Bonchev–Trinajstić information content (AvgIpc) is 2.83. The topological polar surface area (TPSA) is 43.4 Å². The third kappa shape index (κ3) is 4.32. The number of ether oxygens (including phenoxy) is 1. The first-order valence-electron chi connectivity index (χ1n) is 8.22. The fourth-order valence-corrected chi connectivity index (χ4v) is 3.41. The van der Waals surface area contributed by atoms with Gasteiger partial charge in [0, 0.05) is 12.3 Å². The first kappa shape index (κ1) is 17.2. The second-order valence-electron chi connectivity index (χ2n) is 6.27. The number of carbonyl (C=O) groups excluding carboxylic acids is 2. The van der Waals surface area contributed by atoms with Gasteiger partial charge >= 0.3 is 5.97 Å². The van der Waals surface area contributed by atoms with Crippen LogP contribution in [0.3, 0.4) is 0 Å². The zero-order valence-corrected chi connectivity index (χ0v) is 13.5. The van der Waals surface area contributed by atoms with Crippen LogP contribution in [0.1, 0.15) is 66.2 Å². The molecule has 0 spiro atoms. The Morgan fingerprint density at radius 1 is 1.30 bits per heavy atom. The Morgan fingerprint density at radius 3 is 2.60 bits per heavy atom. The molecule has 1 fully saturated rings. The van der Waals surface area contributed by atoms with Crippen LogP contribution in [-0.4, -0.2) is 18.4 Å². The average molecular weight is 282 g/mol. The molecule has 1 aliphatic rings. The molecule has 0 N–H and O–H groups in total. The maximum atomic E-state index is 12.2. The Morgan fingerprint density at radius 2 is 2.00 bits per heavy atom. The van der Waals surface area contributed by atoms with E-state index in [-0.39, 0.29) is 23.7 Å². The Kier molecular flexibility index (Phi) is 7.25. The van der Waals surface area contributed by atoms with Crippen molar-refractivity contribution >= 4 is 11.8 Å². The lowest BCUT2D eigenvalue weighted by molar-refractivity contribution is -0.150. The Hall–Kier alpha value is -0.860. The van der Waals surface area contributed by atoms with E-state index in [1.54, 1.807) is 0 Å². The van der Waals surface area contributed by atoms with Gasteiger partial charge in [0.05, 0.1) is 12.5 Å². The van der Waals surface area contributed by atoms with Gasteiger partial charge in [0.15, 0.2) is 0 Å². The summed E-state index contributed by atoms with van der Waals surface area (Å²) in [6.45, 7) is 8.75. The van der Waals surface area contributed by atoms with Gasteiger partial charge in [-0.25, -0.2) is 0 Å². The predicted octanol–water partition coefficient (Wildman–Crippen LogP) is 4.00. The number of unbranched alkanes of at least 4 members (excludes halogenated alkanes) is 1. The smallest absolute Gasteiger partial charge is 0.308 e. The standard InChI is InChI=1S/C17H30O3/c1-5-7-8-12(3)16-14(9-10-15(16)18)13(4)17(19)20-11-6-2/h12-14,16H,5-11H2,1-4H3/t12?,13-,14?,16?/m1/s1. The molecule has 0 aliphatic heterocycles. The molecule has 0 aromatic carbocycles. The van der Waals surface area contributed by atoms with Crippen molar-refractivity contribution in [3.05, 3.63) is 0 Å². The van der Waals surface area contributed by atoms with E-state index < -0.39 is 0 Å². The minimum absolute atomic E-state index is 0.0609. The molecule has 116 valence electrons. The third-order valence-corrected chi connectivity index (χ3v) is 4.65. The molecular formula is C17H30O3. The number of carbonyl (C=O) groups is 2. The lowest BCUT2D eigenvalue weighted by atomic mass is 9.76. The van der Waals surface area contributed by atoms with Gasteiger partial charge in [0.25, 0.3) is 0 Å². The summed E-state index contributed by atoms with van der Waals surface area (Å²) in [5.74, 6) is 0.705. The SMILES string of the molecule is CCCCC(C)C1C(=O)CCC1[C@@H](C)C(=O)OCCC. The second-order valence-corrected chi connectivity index (χ2v) is 6.27. The zero-order valence-electron chi connectivity index (χ0n) is 13.5. The van der Waals surface area contributed by atoms with Crippen molar-refractivity contribution in [1.82, 2.24) is 0 Å². The first-order chi connectivity index (χ1) is 9.52. The Balaban J connectivity index is 2.66. The number of ketones is 1. The largest absolute Gasteiger partial charge is 0.465 e. The Labute approximate surface area is 123 Å². The van der Waals surface area contributed by atoms with E-state index in [2.05, 4.69) is 13.8 Å². The van der Waals surface area contributed by atoms with E-state index in [1.165, 1.54) is 0 Å². The number of hydrogen-bond acceptors (Lipinski definition) is 3. The van der Waals surface area contributed by atoms with E-state index in [9.17, 15) is 9.59 Å². The van der Waals surface area contributed by atoms with Gasteiger partial charge in [-0.05, 0) is 24.7 Å². The molecule has 0 aromatic rings. The molecule has 3 unspecified atom stereocenters. The van der Waals surface area contributed by atoms with Crippen LogP contribution < -0.4 is 0 Å². The van der Waals surface area contributed by atoms with Gasteiger partial charge in [-0.15, -0.1) is 0 Å². The summed E-state index contributed by atoms with van der Waals surface area (Å²) >= 11 is 0. The van der Waals surface area contributed by atoms with Crippen LogP contribution in [0.4, 0.5) is 0 Å². The summed E-state index contributed by atoms with van der Waals surface area (Å²) < 4.78 is 5.26. The highest BCUT2D eigenvalue weighted by Gasteiger charge is 2.43. The van der Waals surface area contributed by atoms with Gasteiger partial charge in [0.2, 0.25) is 0 Å². The number of hydrogen-bond donors (Lipinski definition) is 0. The molecule has 0 heterocycles. The monoisotopic (exact) mass is 282 g/mol. The summed E-state index contributed by atoms with van der Waals surface area (Å²) in [4.78, 5) is 24.2. The van der Waals surface area contributed by atoms with Gasteiger partial charge in [-0.2, -0.15) is 0 Å². The minimum atomic E-state index is -0.151. The summed E-state index contributed by atoms with van der Waals surface area (Å²) in [7, 11) is 0. The van der Waals surface area contributed by atoms with E-state index in [0.29, 0.717) is 24.7 Å². The van der Waals surface area contributed by atoms with Crippen LogP contribution in [0.2, 0.25) is 0 Å². The van der Waals surface area contributed by atoms with E-state index in [0.717, 1.165) is 32.1 Å². The zero-order chi connectivity index (χ0) is 15.1. The summed E-state index contributed by atoms with van der Waals surface area (Å²) in [5.41, 5.74) is 0. The van der Waals surface area contributed by atoms with Crippen LogP contribution in [0.25, 0.3) is 0 Å². The molecule has 20 heavy (non-hydrogen) atoms. The molecule has 1 saturated carbocycles. The first-order valence-corrected chi connectivity index (χ1v) is 8.22. The third-order valence-electron chi connectivity index (χ3n) is 4.65. The van der Waals surface area contributed by atoms with Crippen LogP contribution in [0, 0.1) is 23.7 Å². The number of esters is 1. The molecule has 3 nitrogen and oxygen atoms in total. The molecule has 0 aromatic heterocycles. The van der Waals surface area contributed by atoms with E-state index >= 15 is 0 Å². The van der Waals surface area contributed by atoms with Gasteiger partial charge in [0.1, 0.15) is 5.78 Å². The highest BCUT2D eigenvalue weighted by Crippen LogP contribution is 2.41. The summed E-state index contributed by atoms with van der Waals surface area (Å²) in [6, 6.07) is 0. The van der Waals surface area contributed by atoms with Crippen molar-refractivity contribution in [1.29, 1.82) is 0 Å². The van der Waals surface area contributed by atoms with Crippen LogP contribution >= 0.6 is 0 Å². The molecular weight excluding hydrogens is 252 g/mol. The maximum absolute atomic E-state index is 12.2. The highest BCUT2D eigenvalue weighted by molar-refractivity contribution is 5.85. The summed E-state index contributed by atoms with van der Waals surface area (Å²) in [6.07, 6.45) is 5.73. The lowest BCUT2D eigenvalue weighted by Crippen LogP contribution is -2.31. The predicted molar refractivity (Wildman–Crippen MR) is 80.3 cm³/mol. The van der Waals surface area contributed by atoms with Crippen molar-refractivity contribution in [2.75, 3.05) is 6.61 Å².